The monoisotopic (exact) mass is 453 g/mol. The molecule has 0 aliphatic carbocycles. The number of piperazine rings is 1. The molecule has 0 radical (unpaired) electrons. The normalized spacial score (nSPS) is 16.3. The number of benzene rings is 2. The first-order valence-corrected chi connectivity index (χ1v) is 10.7. The number of carbonyl (C=O) groups is 2. The Kier molecular flexibility index (Phi) is 5.93. The average Bonchev–Trinajstić information content (AvgIpc) is 2.80. The second kappa shape index (κ2) is 8.67. The molecule has 3 aromatic rings. The topological polar surface area (TPSA) is 83.0 Å². The highest BCUT2D eigenvalue weighted by atomic mass is 35.5. The van der Waals surface area contributed by atoms with Gasteiger partial charge in [0, 0.05) is 42.2 Å². The Morgan fingerprint density at radius 2 is 1.88 bits per heavy atom. The van der Waals surface area contributed by atoms with E-state index in [1.54, 1.807) is 24.1 Å². The molecule has 4 rings (SSSR count). The fraction of sp³-hybridized carbons (Fsp3) is 0.292. The zero-order chi connectivity index (χ0) is 23.0. The number of fused-ring (bicyclic) bond motifs is 1. The molecular weight excluding hydrogens is 430 g/mol. The van der Waals surface area contributed by atoms with Gasteiger partial charge in [-0.2, -0.15) is 0 Å². The summed E-state index contributed by atoms with van der Waals surface area (Å²) >= 11 is 6.67. The van der Waals surface area contributed by atoms with Gasteiger partial charge in [-0.15, -0.1) is 0 Å². The summed E-state index contributed by atoms with van der Waals surface area (Å²) in [7, 11) is 1.62. The van der Waals surface area contributed by atoms with Crippen LogP contribution in [-0.2, 0) is 0 Å². The summed E-state index contributed by atoms with van der Waals surface area (Å²) in [5, 5.41) is 10.6. The Bertz CT molecular complexity index is 1200. The first-order chi connectivity index (χ1) is 15.3. The van der Waals surface area contributed by atoms with Crippen LogP contribution in [0.25, 0.3) is 22.2 Å². The third-order valence-corrected chi connectivity index (χ3v) is 6.41. The molecule has 1 aliphatic rings. The summed E-state index contributed by atoms with van der Waals surface area (Å²) in [5.74, 6) is 0.609. The number of nitrogens with zero attached hydrogens (tertiary/aromatic N) is 3. The van der Waals surface area contributed by atoms with Crippen LogP contribution >= 0.6 is 11.6 Å². The summed E-state index contributed by atoms with van der Waals surface area (Å²) in [6.07, 6.45) is -0.963. The molecule has 0 spiro atoms. The highest BCUT2D eigenvalue weighted by Gasteiger charge is 2.30. The van der Waals surface area contributed by atoms with E-state index < -0.39 is 6.09 Å². The van der Waals surface area contributed by atoms with Crippen molar-refractivity contribution in [3.05, 3.63) is 58.6 Å². The van der Waals surface area contributed by atoms with Crippen LogP contribution in [0.1, 0.15) is 22.8 Å². The minimum Gasteiger partial charge on any atom is -0.497 e. The number of halogens is 1. The van der Waals surface area contributed by atoms with Crippen molar-refractivity contribution in [3.63, 3.8) is 0 Å². The van der Waals surface area contributed by atoms with E-state index >= 15 is 0 Å². The minimum atomic E-state index is -0.963. The third kappa shape index (κ3) is 3.96. The summed E-state index contributed by atoms with van der Waals surface area (Å²) in [6.45, 7) is 4.72. The van der Waals surface area contributed by atoms with Crippen molar-refractivity contribution in [1.29, 1.82) is 0 Å². The van der Waals surface area contributed by atoms with Gasteiger partial charge in [0.2, 0.25) is 0 Å². The summed E-state index contributed by atoms with van der Waals surface area (Å²) < 4.78 is 5.23. The third-order valence-electron chi connectivity index (χ3n) is 5.92. The Hall–Kier alpha value is -3.32. The smallest absolute Gasteiger partial charge is 0.407 e. The zero-order valence-electron chi connectivity index (χ0n) is 18.1. The first-order valence-electron chi connectivity index (χ1n) is 10.3. The molecule has 7 nitrogen and oxygen atoms in total. The number of rotatable bonds is 3. The Labute approximate surface area is 191 Å². The second-order valence-corrected chi connectivity index (χ2v) is 8.31. The fourth-order valence-corrected chi connectivity index (χ4v) is 4.33. The molecule has 1 aromatic heterocycles. The SMILES string of the molecule is COc1ccc(-c2nc3cc(C(=O)N4CCN(C(=O)O)CC4C)ccc3c(Cl)c2C)cc1. The predicted molar refractivity (Wildman–Crippen MR) is 124 cm³/mol. The maximum absolute atomic E-state index is 13.2. The van der Waals surface area contributed by atoms with Crippen LogP contribution in [-0.4, -0.2) is 64.7 Å². The van der Waals surface area contributed by atoms with Gasteiger partial charge in [0.05, 0.1) is 23.3 Å². The molecule has 2 amide bonds. The molecule has 1 atom stereocenters. The molecule has 166 valence electrons. The van der Waals surface area contributed by atoms with E-state index in [9.17, 15) is 14.7 Å². The largest absolute Gasteiger partial charge is 0.497 e. The lowest BCUT2D eigenvalue weighted by atomic mass is 10.0. The highest BCUT2D eigenvalue weighted by Crippen LogP contribution is 2.34. The van der Waals surface area contributed by atoms with E-state index in [-0.39, 0.29) is 11.9 Å². The number of ether oxygens (including phenoxy) is 1. The molecule has 2 heterocycles. The number of pyridine rings is 1. The standard InChI is InChI=1S/C24H24ClN3O4/c1-14-13-27(24(30)31)10-11-28(14)23(29)17-6-9-19-20(12-17)26-22(15(2)21(19)25)16-4-7-18(32-3)8-5-16/h4-9,12,14H,10-11,13H2,1-3H3,(H,30,31). The molecule has 1 unspecified atom stereocenters. The van der Waals surface area contributed by atoms with Gasteiger partial charge in [-0.05, 0) is 55.8 Å². The highest BCUT2D eigenvalue weighted by molar-refractivity contribution is 6.36. The van der Waals surface area contributed by atoms with Gasteiger partial charge in [0.1, 0.15) is 5.75 Å². The molecule has 1 saturated heterocycles. The van der Waals surface area contributed by atoms with E-state index in [4.69, 9.17) is 21.3 Å². The number of hydrogen-bond donors (Lipinski definition) is 1. The van der Waals surface area contributed by atoms with Crippen LogP contribution in [0.3, 0.4) is 0 Å². The maximum atomic E-state index is 13.2. The Balaban J connectivity index is 1.69. The van der Waals surface area contributed by atoms with Gasteiger partial charge >= 0.3 is 6.09 Å². The van der Waals surface area contributed by atoms with Gasteiger partial charge in [0.25, 0.3) is 5.91 Å². The quantitative estimate of drug-likeness (QED) is 0.621. The number of amides is 2. The van der Waals surface area contributed by atoms with Gasteiger partial charge in [-0.25, -0.2) is 9.78 Å². The Morgan fingerprint density at radius 3 is 2.50 bits per heavy atom. The van der Waals surface area contributed by atoms with E-state index in [1.807, 2.05) is 44.2 Å². The van der Waals surface area contributed by atoms with Crippen molar-refractivity contribution in [2.45, 2.75) is 19.9 Å². The van der Waals surface area contributed by atoms with Gasteiger partial charge in [-0.1, -0.05) is 17.7 Å². The molecule has 0 bridgehead atoms. The molecule has 2 aromatic carbocycles. The molecule has 0 saturated carbocycles. The van der Waals surface area contributed by atoms with Crippen molar-refractivity contribution in [2.75, 3.05) is 26.7 Å². The lowest BCUT2D eigenvalue weighted by Gasteiger charge is -2.38. The molecule has 8 heteroatoms. The summed E-state index contributed by atoms with van der Waals surface area (Å²) in [5.41, 5.74) is 3.65. The van der Waals surface area contributed by atoms with E-state index in [1.165, 1.54) is 4.90 Å². The molecule has 1 fully saturated rings. The van der Waals surface area contributed by atoms with Crippen LogP contribution in [0.15, 0.2) is 42.5 Å². The van der Waals surface area contributed by atoms with Crippen molar-refractivity contribution >= 4 is 34.5 Å². The lowest BCUT2D eigenvalue weighted by molar-refractivity contribution is 0.0484. The van der Waals surface area contributed by atoms with Gasteiger partial charge in [0.15, 0.2) is 0 Å². The van der Waals surface area contributed by atoms with Crippen molar-refractivity contribution in [3.8, 4) is 17.0 Å². The minimum absolute atomic E-state index is 0.145. The van der Waals surface area contributed by atoms with Crippen molar-refractivity contribution in [1.82, 2.24) is 14.8 Å². The Morgan fingerprint density at radius 1 is 1.16 bits per heavy atom. The van der Waals surface area contributed by atoms with E-state index in [2.05, 4.69) is 0 Å². The molecule has 1 aliphatic heterocycles. The summed E-state index contributed by atoms with van der Waals surface area (Å²) in [6, 6.07) is 12.7. The molecule has 32 heavy (non-hydrogen) atoms. The predicted octanol–water partition coefficient (Wildman–Crippen LogP) is 4.70. The number of carbonyl (C=O) groups excluding carboxylic acids is 1. The van der Waals surface area contributed by atoms with Crippen LogP contribution in [0.2, 0.25) is 5.02 Å². The van der Waals surface area contributed by atoms with E-state index in [0.29, 0.717) is 35.7 Å². The number of aromatic nitrogens is 1. The number of carboxylic acid groups (broad SMARTS) is 1. The van der Waals surface area contributed by atoms with Crippen LogP contribution < -0.4 is 4.74 Å². The maximum Gasteiger partial charge on any atom is 0.407 e. The van der Waals surface area contributed by atoms with Crippen molar-refractivity contribution in [2.24, 2.45) is 0 Å². The lowest BCUT2D eigenvalue weighted by Crippen LogP contribution is -2.55. The molecule has 1 N–H and O–H groups in total. The van der Waals surface area contributed by atoms with E-state index in [0.717, 1.165) is 28.0 Å². The number of hydrogen-bond acceptors (Lipinski definition) is 4. The summed E-state index contributed by atoms with van der Waals surface area (Å²) in [4.78, 5) is 32.3. The second-order valence-electron chi connectivity index (χ2n) is 7.94. The van der Waals surface area contributed by atoms with Crippen LogP contribution in [0.5, 0.6) is 5.75 Å². The number of methoxy groups -OCH3 is 1. The first kappa shape index (κ1) is 21.9. The van der Waals surface area contributed by atoms with Gasteiger partial charge < -0.3 is 19.6 Å². The van der Waals surface area contributed by atoms with Crippen LogP contribution in [0, 0.1) is 6.92 Å². The van der Waals surface area contributed by atoms with Gasteiger partial charge in [-0.3, -0.25) is 4.79 Å². The van der Waals surface area contributed by atoms with Crippen molar-refractivity contribution < 1.29 is 19.4 Å². The fourth-order valence-electron chi connectivity index (χ4n) is 4.08. The zero-order valence-corrected chi connectivity index (χ0v) is 18.9. The molecular formula is C24H24ClN3O4. The average molecular weight is 454 g/mol. The van der Waals surface area contributed by atoms with Crippen LogP contribution in [0.4, 0.5) is 4.79 Å².